The molecule has 6 nitrogen and oxygen atoms in total. The van der Waals surface area contributed by atoms with E-state index in [0.29, 0.717) is 32.8 Å². The smallest absolute Gasteiger partial charge is 0.358 e. The number of nitrogens with zero attached hydrogens (tertiary/aromatic N) is 2. The minimum Gasteiger partial charge on any atom is -0.476 e. The molecular weight excluding hydrogens is 451 g/mol. The van der Waals surface area contributed by atoms with Gasteiger partial charge < -0.3 is 14.4 Å². The molecule has 9 heteroatoms. The molecule has 1 N–H and O–H groups in total. The van der Waals surface area contributed by atoms with Crippen LogP contribution in [-0.4, -0.2) is 21.2 Å². The van der Waals surface area contributed by atoms with E-state index < -0.39 is 5.97 Å². The average Bonchev–Trinajstić information content (AvgIpc) is 3.14. The quantitative estimate of drug-likeness (QED) is 0.349. The third kappa shape index (κ3) is 4.11. The van der Waals surface area contributed by atoms with Crippen molar-refractivity contribution in [1.29, 1.82) is 0 Å². The van der Waals surface area contributed by atoms with Crippen LogP contribution < -0.4 is 4.74 Å². The lowest BCUT2D eigenvalue weighted by atomic mass is 10.00. The number of hydrogen-bond acceptors (Lipinski definition) is 5. The van der Waals surface area contributed by atoms with Crippen LogP contribution in [0.1, 0.15) is 10.5 Å². The molecule has 30 heavy (non-hydrogen) atoms. The Morgan fingerprint density at radius 1 is 1.00 bits per heavy atom. The van der Waals surface area contributed by atoms with Crippen LogP contribution in [0.15, 0.2) is 65.3 Å². The molecule has 4 rings (SSSR count). The Hall–Kier alpha value is -3.06. The first-order valence-electron chi connectivity index (χ1n) is 8.50. The molecule has 2 aromatic heterocycles. The van der Waals surface area contributed by atoms with E-state index in [1.165, 1.54) is 12.3 Å². The molecule has 0 amide bonds. The van der Waals surface area contributed by atoms with Gasteiger partial charge in [0.1, 0.15) is 5.75 Å². The Labute approximate surface area is 185 Å². The Bertz CT molecular complexity index is 1240. The van der Waals surface area contributed by atoms with E-state index in [0.717, 1.165) is 0 Å². The molecule has 0 aliphatic carbocycles. The third-order valence-electron chi connectivity index (χ3n) is 4.11. The predicted octanol–water partition coefficient (Wildman–Crippen LogP) is 6.85. The van der Waals surface area contributed by atoms with Crippen molar-refractivity contribution in [3.05, 3.63) is 81.6 Å². The van der Waals surface area contributed by atoms with Gasteiger partial charge in [0.25, 0.3) is 0 Å². The average molecular weight is 462 g/mol. The molecule has 0 radical (unpaired) electrons. The van der Waals surface area contributed by atoms with Crippen LogP contribution in [0, 0.1) is 0 Å². The highest BCUT2D eigenvalue weighted by atomic mass is 35.5. The first-order chi connectivity index (χ1) is 14.4. The second kappa shape index (κ2) is 8.36. The number of aromatic carboxylic acids is 1. The molecule has 150 valence electrons. The van der Waals surface area contributed by atoms with Crippen molar-refractivity contribution in [3.8, 4) is 34.1 Å². The molecule has 0 fully saturated rings. The van der Waals surface area contributed by atoms with Crippen molar-refractivity contribution in [2.75, 3.05) is 0 Å². The maximum absolute atomic E-state index is 11.7. The Morgan fingerprint density at radius 3 is 2.47 bits per heavy atom. The molecule has 0 saturated carbocycles. The number of hydrogen-bond donors (Lipinski definition) is 1. The first kappa shape index (κ1) is 20.2. The Kier molecular flexibility index (Phi) is 5.63. The number of aromatic nitrogens is 2. The van der Waals surface area contributed by atoms with Crippen LogP contribution in [0.3, 0.4) is 0 Å². The number of ether oxygens (including phenoxy) is 1. The monoisotopic (exact) mass is 460 g/mol. The Balaban J connectivity index is 1.73. The van der Waals surface area contributed by atoms with Gasteiger partial charge in [-0.2, -0.15) is 0 Å². The SMILES string of the molecule is O=C(O)c1noc(-c2ccc(Oc3cccc(Cl)c3)nc2)c1-c1ccc(Cl)cc1Cl. The number of halogens is 3. The molecule has 0 saturated heterocycles. The van der Waals surface area contributed by atoms with E-state index in [4.69, 9.17) is 44.1 Å². The summed E-state index contributed by atoms with van der Waals surface area (Å²) in [7, 11) is 0. The number of carboxylic acids is 1. The maximum Gasteiger partial charge on any atom is 0.358 e. The van der Waals surface area contributed by atoms with Crippen molar-refractivity contribution in [3.63, 3.8) is 0 Å². The van der Waals surface area contributed by atoms with Crippen molar-refractivity contribution >= 4 is 40.8 Å². The highest BCUT2D eigenvalue weighted by molar-refractivity contribution is 6.36. The number of carbonyl (C=O) groups is 1. The summed E-state index contributed by atoms with van der Waals surface area (Å²) in [5.74, 6) is -0.187. The second-order valence-corrected chi connectivity index (χ2v) is 7.39. The molecule has 0 aliphatic rings. The number of carboxylic acid groups (broad SMARTS) is 1. The number of pyridine rings is 1. The second-order valence-electron chi connectivity index (χ2n) is 6.11. The van der Waals surface area contributed by atoms with Crippen molar-refractivity contribution in [2.45, 2.75) is 0 Å². The molecule has 4 aromatic rings. The third-order valence-corrected chi connectivity index (χ3v) is 4.90. The summed E-state index contributed by atoms with van der Waals surface area (Å²) in [6, 6.07) is 14.9. The summed E-state index contributed by atoms with van der Waals surface area (Å²) in [6.45, 7) is 0. The zero-order valence-electron chi connectivity index (χ0n) is 15.0. The van der Waals surface area contributed by atoms with Crippen LogP contribution >= 0.6 is 34.8 Å². The fraction of sp³-hybridized carbons (Fsp3) is 0. The molecule has 0 aliphatic heterocycles. The van der Waals surface area contributed by atoms with Gasteiger partial charge in [0.05, 0.1) is 10.6 Å². The first-order valence-corrected chi connectivity index (χ1v) is 9.64. The fourth-order valence-electron chi connectivity index (χ4n) is 2.80. The van der Waals surface area contributed by atoms with Gasteiger partial charge in [0, 0.05) is 33.4 Å². The van der Waals surface area contributed by atoms with Crippen LogP contribution in [0.5, 0.6) is 11.6 Å². The minimum absolute atomic E-state index is 0.207. The topological polar surface area (TPSA) is 85.5 Å². The maximum atomic E-state index is 11.7. The molecule has 0 atom stereocenters. The zero-order chi connectivity index (χ0) is 21.3. The molecular formula is C21H11Cl3N2O4. The lowest BCUT2D eigenvalue weighted by Crippen LogP contribution is -1.99. The number of rotatable bonds is 5. The van der Waals surface area contributed by atoms with E-state index in [1.54, 1.807) is 48.5 Å². The van der Waals surface area contributed by atoms with Crippen LogP contribution in [0.4, 0.5) is 0 Å². The van der Waals surface area contributed by atoms with Gasteiger partial charge in [-0.15, -0.1) is 0 Å². The minimum atomic E-state index is -1.25. The van der Waals surface area contributed by atoms with Gasteiger partial charge in [-0.25, -0.2) is 9.78 Å². The standard InChI is InChI=1S/C21H11Cl3N2O4/c22-12-2-1-3-14(8-12)29-17-7-4-11(10-25-17)20-18(19(21(27)28)26-30-20)15-6-5-13(23)9-16(15)24/h1-10H,(H,27,28). The van der Waals surface area contributed by atoms with E-state index in [1.807, 2.05) is 0 Å². The van der Waals surface area contributed by atoms with Crippen LogP contribution in [0.25, 0.3) is 22.5 Å². The van der Waals surface area contributed by atoms with Crippen molar-refractivity contribution in [2.24, 2.45) is 0 Å². The van der Waals surface area contributed by atoms with Gasteiger partial charge in [0.15, 0.2) is 11.5 Å². The van der Waals surface area contributed by atoms with Crippen LogP contribution in [-0.2, 0) is 0 Å². The van der Waals surface area contributed by atoms with E-state index in [-0.39, 0.29) is 22.0 Å². The van der Waals surface area contributed by atoms with Gasteiger partial charge in [-0.1, -0.05) is 52.1 Å². The molecule has 0 spiro atoms. The van der Waals surface area contributed by atoms with Gasteiger partial charge in [-0.3, -0.25) is 0 Å². The van der Waals surface area contributed by atoms with Crippen molar-refractivity contribution in [1.82, 2.24) is 10.1 Å². The lowest BCUT2D eigenvalue weighted by Gasteiger charge is -2.07. The zero-order valence-corrected chi connectivity index (χ0v) is 17.2. The lowest BCUT2D eigenvalue weighted by molar-refractivity contribution is 0.0686. The van der Waals surface area contributed by atoms with Gasteiger partial charge in [0.2, 0.25) is 5.88 Å². The summed E-state index contributed by atoms with van der Waals surface area (Å²) in [5.41, 5.74) is 0.881. The molecule has 0 bridgehead atoms. The van der Waals surface area contributed by atoms with E-state index in [2.05, 4.69) is 10.1 Å². The normalized spacial score (nSPS) is 10.8. The highest BCUT2D eigenvalue weighted by Gasteiger charge is 2.26. The summed E-state index contributed by atoms with van der Waals surface area (Å²) < 4.78 is 11.0. The summed E-state index contributed by atoms with van der Waals surface area (Å²) in [6.07, 6.45) is 1.49. The van der Waals surface area contributed by atoms with E-state index in [9.17, 15) is 9.90 Å². The van der Waals surface area contributed by atoms with Gasteiger partial charge in [-0.05, 0) is 36.4 Å². The number of benzene rings is 2. The van der Waals surface area contributed by atoms with Crippen LogP contribution in [0.2, 0.25) is 15.1 Å². The van der Waals surface area contributed by atoms with Gasteiger partial charge >= 0.3 is 5.97 Å². The predicted molar refractivity (Wildman–Crippen MR) is 114 cm³/mol. The summed E-state index contributed by atoms with van der Waals surface area (Å²) >= 11 is 18.2. The molecule has 2 heterocycles. The molecule has 2 aromatic carbocycles. The largest absolute Gasteiger partial charge is 0.476 e. The molecule has 0 unspecified atom stereocenters. The summed E-state index contributed by atoms with van der Waals surface area (Å²) in [4.78, 5) is 15.9. The highest BCUT2D eigenvalue weighted by Crippen LogP contribution is 2.39. The fourth-order valence-corrected chi connectivity index (χ4v) is 3.48. The summed E-state index contributed by atoms with van der Waals surface area (Å²) in [5, 5.41) is 14.4. The van der Waals surface area contributed by atoms with E-state index >= 15 is 0 Å². The van der Waals surface area contributed by atoms with Crippen molar-refractivity contribution < 1.29 is 19.2 Å². The Morgan fingerprint density at radius 2 is 1.80 bits per heavy atom.